The number of likely N-dealkylation sites (tertiary alicyclic amines) is 2. The molecule has 2 aliphatic heterocycles. The number of amides is 3. The number of halogens is 1. The maximum absolute atomic E-state index is 13.4. The molecule has 0 aromatic heterocycles. The number of carbonyl (C=O) groups is 3. The zero-order chi connectivity index (χ0) is 23.1. The number of nitrogens with zero attached hydrogens (tertiary/aromatic N) is 2. The van der Waals surface area contributed by atoms with Gasteiger partial charge in [-0.05, 0) is 56.7 Å². The third-order valence-corrected chi connectivity index (χ3v) is 6.76. The number of rotatable bonds is 7. The van der Waals surface area contributed by atoms with Crippen LogP contribution < -0.4 is 5.32 Å². The van der Waals surface area contributed by atoms with Gasteiger partial charge in [0.05, 0.1) is 18.3 Å². The molecule has 0 spiro atoms. The Bertz CT molecular complexity index is 798. The quantitative estimate of drug-likeness (QED) is 0.656. The molecule has 0 saturated carbocycles. The molecule has 2 fully saturated rings. The molecule has 1 N–H and O–H groups in total. The first kappa shape index (κ1) is 24.2. The SMILES string of the molecule is CCCCNC(=O)C1CCC(C)N(C(=O)C2CCCN(C(=O)Cc3ccc(F)cc3)C2)C1. The Morgan fingerprint density at radius 2 is 1.81 bits per heavy atom. The van der Waals surface area contributed by atoms with Gasteiger partial charge in [0.15, 0.2) is 0 Å². The molecule has 7 heteroatoms. The van der Waals surface area contributed by atoms with Gasteiger partial charge >= 0.3 is 0 Å². The number of unbranched alkanes of at least 4 members (excludes halogenated alkanes) is 1. The molecule has 176 valence electrons. The Morgan fingerprint density at radius 3 is 2.53 bits per heavy atom. The second-order valence-corrected chi connectivity index (χ2v) is 9.24. The first-order valence-electron chi connectivity index (χ1n) is 12.0. The van der Waals surface area contributed by atoms with Gasteiger partial charge in [0.2, 0.25) is 17.7 Å². The number of carbonyl (C=O) groups excluding carboxylic acids is 3. The van der Waals surface area contributed by atoms with Crippen LogP contribution in [0.1, 0.15) is 57.9 Å². The number of piperidine rings is 2. The average molecular weight is 446 g/mol. The molecule has 2 saturated heterocycles. The van der Waals surface area contributed by atoms with E-state index in [0.29, 0.717) is 26.2 Å². The van der Waals surface area contributed by atoms with E-state index in [0.717, 1.165) is 44.1 Å². The summed E-state index contributed by atoms with van der Waals surface area (Å²) in [6, 6.07) is 6.07. The van der Waals surface area contributed by atoms with Crippen molar-refractivity contribution in [3.63, 3.8) is 0 Å². The van der Waals surface area contributed by atoms with Gasteiger partial charge < -0.3 is 15.1 Å². The van der Waals surface area contributed by atoms with Gasteiger partial charge in [-0.15, -0.1) is 0 Å². The van der Waals surface area contributed by atoms with E-state index in [1.54, 1.807) is 17.0 Å². The average Bonchev–Trinajstić information content (AvgIpc) is 2.80. The van der Waals surface area contributed by atoms with Crippen molar-refractivity contribution < 1.29 is 18.8 Å². The van der Waals surface area contributed by atoms with E-state index in [1.165, 1.54) is 12.1 Å². The van der Waals surface area contributed by atoms with Crippen molar-refractivity contribution in [1.82, 2.24) is 15.1 Å². The van der Waals surface area contributed by atoms with Gasteiger partial charge in [-0.2, -0.15) is 0 Å². The number of hydrogen-bond donors (Lipinski definition) is 1. The van der Waals surface area contributed by atoms with E-state index in [-0.39, 0.29) is 47.8 Å². The van der Waals surface area contributed by atoms with Gasteiger partial charge in [-0.25, -0.2) is 4.39 Å². The summed E-state index contributed by atoms with van der Waals surface area (Å²) in [6.07, 6.45) is 5.37. The second-order valence-electron chi connectivity index (χ2n) is 9.24. The lowest BCUT2D eigenvalue weighted by atomic mass is 9.89. The minimum atomic E-state index is -0.321. The fourth-order valence-electron chi connectivity index (χ4n) is 4.69. The Balaban J connectivity index is 1.57. The van der Waals surface area contributed by atoms with E-state index in [1.807, 2.05) is 11.8 Å². The molecule has 1 aromatic carbocycles. The van der Waals surface area contributed by atoms with Crippen LogP contribution in [-0.4, -0.2) is 59.7 Å². The molecule has 3 amide bonds. The van der Waals surface area contributed by atoms with E-state index in [4.69, 9.17) is 0 Å². The summed E-state index contributed by atoms with van der Waals surface area (Å²) >= 11 is 0. The van der Waals surface area contributed by atoms with Crippen LogP contribution in [0.25, 0.3) is 0 Å². The van der Waals surface area contributed by atoms with Crippen molar-refractivity contribution in [2.24, 2.45) is 11.8 Å². The van der Waals surface area contributed by atoms with Crippen molar-refractivity contribution in [1.29, 1.82) is 0 Å². The monoisotopic (exact) mass is 445 g/mol. The van der Waals surface area contributed by atoms with E-state index >= 15 is 0 Å². The maximum atomic E-state index is 13.4. The zero-order valence-electron chi connectivity index (χ0n) is 19.3. The van der Waals surface area contributed by atoms with Crippen LogP contribution in [0.3, 0.4) is 0 Å². The van der Waals surface area contributed by atoms with Crippen LogP contribution in [0.2, 0.25) is 0 Å². The molecule has 2 heterocycles. The Hall–Kier alpha value is -2.44. The lowest BCUT2D eigenvalue weighted by Gasteiger charge is -2.41. The summed E-state index contributed by atoms with van der Waals surface area (Å²) in [4.78, 5) is 42.3. The maximum Gasteiger partial charge on any atom is 0.227 e. The normalized spacial score (nSPS) is 23.7. The standard InChI is InChI=1S/C25H36FN3O3/c1-3-4-13-27-24(31)20-10-7-18(2)29(17-20)25(32)21-6-5-14-28(16-21)23(30)15-19-8-11-22(26)12-9-19/h8-9,11-12,18,20-21H,3-7,10,13-17H2,1-2H3,(H,27,31). The molecule has 1 aromatic rings. The second kappa shape index (κ2) is 11.4. The Morgan fingerprint density at radius 1 is 1.06 bits per heavy atom. The lowest BCUT2D eigenvalue weighted by Crippen LogP contribution is -2.54. The first-order chi connectivity index (χ1) is 15.4. The topological polar surface area (TPSA) is 69.7 Å². The molecular weight excluding hydrogens is 409 g/mol. The van der Waals surface area contributed by atoms with Crippen LogP contribution in [0.15, 0.2) is 24.3 Å². The Labute approximate surface area is 190 Å². The zero-order valence-corrected chi connectivity index (χ0v) is 19.3. The van der Waals surface area contributed by atoms with Crippen LogP contribution in [-0.2, 0) is 20.8 Å². The van der Waals surface area contributed by atoms with Gasteiger partial charge in [0.1, 0.15) is 5.82 Å². The first-order valence-corrected chi connectivity index (χ1v) is 12.0. The molecule has 3 unspecified atom stereocenters. The smallest absolute Gasteiger partial charge is 0.227 e. The van der Waals surface area contributed by atoms with Crippen LogP contribution in [0.5, 0.6) is 0 Å². The summed E-state index contributed by atoms with van der Waals surface area (Å²) in [5.41, 5.74) is 0.770. The van der Waals surface area contributed by atoms with Crippen LogP contribution in [0, 0.1) is 17.7 Å². The third-order valence-electron chi connectivity index (χ3n) is 6.76. The van der Waals surface area contributed by atoms with Gasteiger partial charge in [-0.1, -0.05) is 25.5 Å². The summed E-state index contributed by atoms with van der Waals surface area (Å²) < 4.78 is 13.1. The molecule has 3 atom stereocenters. The molecule has 6 nitrogen and oxygen atoms in total. The Kier molecular flexibility index (Phi) is 8.65. The molecule has 0 bridgehead atoms. The van der Waals surface area contributed by atoms with Crippen LogP contribution in [0.4, 0.5) is 4.39 Å². The summed E-state index contributed by atoms with van der Waals surface area (Å²) in [5.74, 6) is -0.644. The van der Waals surface area contributed by atoms with Crippen molar-refractivity contribution in [3.05, 3.63) is 35.6 Å². The minimum Gasteiger partial charge on any atom is -0.356 e. The molecule has 0 radical (unpaired) electrons. The van der Waals surface area contributed by atoms with E-state index in [9.17, 15) is 18.8 Å². The summed E-state index contributed by atoms with van der Waals surface area (Å²) in [6.45, 7) is 6.33. The number of benzene rings is 1. The number of nitrogens with one attached hydrogen (secondary N) is 1. The molecule has 3 rings (SSSR count). The van der Waals surface area contributed by atoms with Gasteiger partial charge in [0, 0.05) is 32.2 Å². The molecular formula is C25H36FN3O3. The lowest BCUT2D eigenvalue weighted by molar-refractivity contribution is -0.145. The predicted molar refractivity (Wildman–Crippen MR) is 121 cm³/mol. The summed E-state index contributed by atoms with van der Waals surface area (Å²) in [7, 11) is 0. The fraction of sp³-hybridized carbons (Fsp3) is 0.640. The highest BCUT2D eigenvalue weighted by atomic mass is 19.1. The van der Waals surface area contributed by atoms with Crippen LogP contribution >= 0.6 is 0 Å². The minimum absolute atomic E-state index is 0.0334. The van der Waals surface area contributed by atoms with Crippen molar-refractivity contribution in [3.8, 4) is 0 Å². The largest absolute Gasteiger partial charge is 0.356 e. The summed E-state index contributed by atoms with van der Waals surface area (Å²) in [5, 5.41) is 3.00. The van der Waals surface area contributed by atoms with E-state index < -0.39 is 0 Å². The molecule has 32 heavy (non-hydrogen) atoms. The highest BCUT2D eigenvalue weighted by Gasteiger charge is 2.37. The van der Waals surface area contributed by atoms with Gasteiger partial charge in [0.25, 0.3) is 0 Å². The van der Waals surface area contributed by atoms with Gasteiger partial charge in [-0.3, -0.25) is 14.4 Å². The van der Waals surface area contributed by atoms with Crippen molar-refractivity contribution >= 4 is 17.7 Å². The highest BCUT2D eigenvalue weighted by Crippen LogP contribution is 2.27. The fourth-order valence-corrected chi connectivity index (χ4v) is 4.69. The van der Waals surface area contributed by atoms with Crippen molar-refractivity contribution in [2.75, 3.05) is 26.2 Å². The number of hydrogen-bond acceptors (Lipinski definition) is 3. The van der Waals surface area contributed by atoms with Crippen molar-refractivity contribution in [2.45, 2.75) is 64.8 Å². The molecule has 0 aliphatic carbocycles. The predicted octanol–water partition coefficient (Wildman–Crippen LogP) is 3.15. The molecule has 2 aliphatic rings. The van der Waals surface area contributed by atoms with E-state index in [2.05, 4.69) is 12.2 Å². The highest BCUT2D eigenvalue weighted by molar-refractivity contribution is 5.84. The third kappa shape index (κ3) is 6.30.